The molecular weight excluding hydrogens is 623 g/mol. The van der Waals surface area contributed by atoms with E-state index in [4.69, 9.17) is 19.2 Å². The van der Waals surface area contributed by atoms with Gasteiger partial charge in [-0.1, -0.05) is 53.8 Å². The van der Waals surface area contributed by atoms with Crippen LogP contribution in [-0.2, 0) is 9.53 Å². The molecule has 0 amide bonds. The van der Waals surface area contributed by atoms with Crippen LogP contribution in [0.2, 0.25) is 0 Å². The second-order valence-electron chi connectivity index (χ2n) is 9.68. The highest BCUT2D eigenvalue weighted by atomic mass is 79.9. The Kier molecular flexibility index (Phi) is 8.74. The Bertz CT molecular complexity index is 1850. The summed E-state index contributed by atoms with van der Waals surface area (Å²) >= 11 is 4.76. The lowest BCUT2D eigenvalue weighted by molar-refractivity contribution is -0.138. The third-order valence-corrected chi connectivity index (χ3v) is 8.03. The molecule has 0 N–H and O–H groups in total. The number of nitrogens with zero attached hydrogens (tertiary/aromatic N) is 2. The zero-order valence-electron chi connectivity index (χ0n) is 23.4. The Morgan fingerprint density at radius 1 is 1.14 bits per heavy atom. The number of methoxy groups -OCH3 is 1. The third kappa shape index (κ3) is 5.82. The quantitative estimate of drug-likeness (QED) is 0.231. The van der Waals surface area contributed by atoms with Crippen molar-refractivity contribution in [3.05, 3.63) is 119 Å². The molecule has 0 radical (unpaired) electrons. The topological polar surface area (TPSA) is 79.1 Å². The fourth-order valence-electron chi connectivity index (χ4n) is 4.73. The lowest BCUT2D eigenvalue weighted by Crippen LogP contribution is -2.40. The number of carbonyl (C=O) groups is 1. The van der Waals surface area contributed by atoms with Crippen LogP contribution in [-0.4, -0.2) is 30.4 Å². The summed E-state index contributed by atoms with van der Waals surface area (Å²) in [4.78, 5) is 32.8. The molecule has 42 heavy (non-hydrogen) atoms. The zero-order chi connectivity index (χ0) is 30.0. The highest BCUT2D eigenvalue weighted by molar-refractivity contribution is 9.10. The van der Waals surface area contributed by atoms with Gasteiger partial charge in [-0.3, -0.25) is 9.36 Å². The van der Waals surface area contributed by atoms with Crippen LogP contribution in [0.4, 0.5) is 4.39 Å². The maximum absolute atomic E-state index is 14.1. The van der Waals surface area contributed by atoms with E-state index < -0.39 is 17.8 Å². The monoisotopic (exact) mass is 650 g/mol. The van der Waals surface area contributed by atoms with Gasteiger partial charge in [0.2, 0.25) is 0 Å². The van der Waals surface area contributed by atoms with Crippen molar-refractivity contribution in [3.8, 4) is 11.5 Å². The minimum absolute atomic E-state index is 0.0661. The van der Waals surface area contributed by atoms with Gasteiger partial charge in [0.05, 0.1) is 46.1 Å². The van der Waals surface area contributed by atoms with Gasteiger partial charge >= 0.3 is 5.97 Å². The summed E-state index contributed by atoms with van der Waals surface area (Å²) in [7, 11) is 1.55. The molecule has 1 aliphatic rings. The summed E-state index contributed by atoms with van der Waals surface area (Å²) in [6, 6.07) is 17.8. The molecule has 0 spiro atoms. The summed E-state index contributed by atoms with van der Waals surface area (Å²) in [5, 5.41) is 0. The Balaban J connectivity index is 1.77. The molecule has 10 heteroatoms. The van der Waals surface area contributed by atoms with Crippen LogP contribution in [0.15, 0.2) is 86.6 Å². The molecular formula is C32H28BrFN2O5S. The Morgan fingerprint density at radius 3 is 2.50 bits per heavy atom. The van der Waals surface area contributed by atoms with Crippen LogP contribution in [0, 0.1) is 5.82 Å². The van der Waals surface area contributed by atoms with Crippen LogP contribution in [0.5, 0.6) is 11.5 Å². The molecule has 3 aromatic carbocycles. The zero-order valence-corrected chi connectivity index (χ0v) is 25.8. The fourth-order valence-corrected chi connectivity index (χ4v) is 6.28. The number of aromatic nitrogens is 1. The number of carbonyl (C=O) groups excluding carboxylic acids is 1. The molecule has 0 unspecified atom stereocenters. The number of thiazole rings is 1. The number of rotatable bonds is 8. The van der Waals surface area contributed by atoms with E-state index in [-0.39, 0.29) is 23.8 Å². The molecule has 0 saturated carbocycles. The summed E-state index contributed by atoms with van der Waals surface area (Å²) in [6.45, 7) is 5.70. The van der Waals surface area contributed by atoms with Gasteiger partial charge in [-0.15, -0.1) is 0 Å². The lowest BCUT2D eigenvalue weighted by atomic mass is 9.93. The largest absolute Gasteiger partial charge is 0.493 e. The lowest BCUT2D eigenvalue weighted by Gasteiger charge is -2.25. The van der Waals surface area contributed by atoms with E-state index in [0.29, 0.717) is 47.7 Å². The molecule has 5 rings (SSSR count). The Morgan fingerprint density at radius 2 is 1.86 bits per heavy atom. The van der Waals surface area contributed by atoms with Crippen molar-refractivity contribution in [1.29, 1.82) is 0 Å². The Labute approximate surface area is 254 Å². The van der Waals surface area contributed by atoms with Gasteiger partial charge in [-0.05, 0) is 78.2 Å². The van der Waals surface area contributed by atoms with Crippen molar-refractivity contribution >= 4 is 45.0 Å². The Hall–Kier alpha value is -4.02. The van der Waals surface area contributed by atoms with Gasteiger partial charge in [0, 0.05) is 5.56 Å². The van der Waals surface area contributed by atoms with Gasteiger partial charge in [-0.2, -0.15) is 0 Å². The average Bonchev–Trinajstić information content (AvgIpc) is 3.28. The summed E-state index contributed by atoms with van der Waals surface area (Å²) in [5.41, 5.74) is 2.20. The number of hydrogen-bond donors (Lipinski definition) is 0. The van der Waals surface area contributed by atoms with Crippen molar-refractivity contribution < 1.29 is 23.4 Å². The van der Waals surface area contributed by atoms with E-state index in [1.807, 2.05) is 50.2 Å². The van der Waals surface area contributed by atoms with Crippen LogP contribution >= 0.6 is 27.3 Å². The molecule has 0 aliphatic carbocycles. The molecule has 4 aromatic rings. The second kappa shape index (κ2) is 12.5. The van der Waals surface area contributed by atoms with Crippen LogP contribution in [0.3, 0.4) is 0 Å². The first kappa shape index (κ1) is 29.5. The normalized spacial score (nSPS) is 14.9. The molecule has 0 fully saturated rings. The summed E-state index contributed by atoms with van der Waals surface area (Å²) in [6.07, 6.45) is 1.68. The number of hydrogen-bond acceptors (Lipinski definition) is 7. The minimum Gasteiger partial charge on any atom is -0.493 e. The van der Waals surface area contributed by atoms with Gasteiger partial charge in [0.1, 0.15) is 5.82 Å². The molecule has 0 saturated heterocycles. The highest BCUT2D eigenvalue weighted by Crippen LogP contribution is 2.38. The first-order valence-electron chi connectivity index (χ1n) is 13.3. The molecule has 1 aromatic heterocycles. The number of halogens is 2. The van der Waals surface area contributed by atoms with Gasteiger partial charge in [0.15, 0.2) is 16.3 Å². The van der Waals surface area contributed by atoms with E-state index in [2.05, 4.69) is 15.9 Å². The van der Waals surface area contributed by atoms with E-state index in [9.17, 15) is 14.0 Å². The third-order valence-electron chi connectivity index (χ3n) is 6.46. The van der Waals surface area contributed by atoms with Gasteiger partial charge in [-0.25, -0.2) is 14.2 Å². The molecule has 216 valence electrons. The smallest absolute Gasteiger partial charge is 0.338 e. The van der Waals surface area contributed by atoms with Crippen LogP contribution in [0.1, 0.15) is 43.5 Å². The maximum atomic E-state index is 14.1. The fraction of sp³-hybridized carbons (Fsp3) is 0.219. The summed E-state index contributed by atoms with van der Waals surface area (Å²) in [5.74, 6) is 0.0462. The van der Waals surface area contributed by atoms with Crippen LogP contribution in [0.25, 0.3) is 11.8 Å². The van der Waals surface area contributed by atoms with Crippen LogP contribution < -0.4 is 24.4 Å². The molecule has 7 nitrogen and oxygen atoms in total. The van der Waals surface area contributed by atoms with Crippen molar-refractivity contribution in [1.82, 2.24) is 4.57 Å². The van der Waals surface area contributed by atoms with Crippen molar-refractivity contribution in [2.75, 3.05) is 13.7 Å². The maximum Gasteiger partial charge on any atom is 0.338 e. The number of benzene rings is 3. The van der Waals surface area contributed by atoms with E-state index in [0.717, 1.165) is 0 Å². The van der Waals surface area contributed by atoms with Crippen molar-refractivity contribution in [2.45, 2.75) is 32.9 Å². The number of fused-ring (bicyclic) bond motifs is 1. The van der Waals surface area contributed by atoms with E-state index in [1.165, 1.54) is 28.0 Å². The molecule has 2 heterocycles. The highest BCUT2D eigenvalue weighted by Gasteiger charge is 2.35. The first-order valence-corrected chi connectivity index (χ1v) is 14.9. The van der Waals surface area contributed by atoms with Gasteiger partial charge < -0.3 is 14.2 Å². The predicted molar refractivity (Wildman–Crippen MR) is 164 cm³/mol. The molecule has 1 atom stereocenters. The van der Waals surface area contributed by atoms with E-state index in [1.54, 1.807) is 38.3 Å². The van der Waals surface area contributed by atoms with Crippen molar-refractivity contribution in [2.24, 2.45) is 4.99 Å². The molecule has 0 bridgehead atoms. The molecule has 1 aliphatic heterocycles. The van der Waals surface area contributed by atoms with E-state index >= 15 is 0 Å². The average molecular weight is 652 g/mol. The SMILES string of the molecule is CCOC(=O)C1=C(c2ccccc2)N=c2s/c(=C\c3cc(Br)c(OC(C)C)c(OC)c3)c(=O)n2[C@@H]1c1ccc(F)cc1. The minimum atomic E-state index is -0.888. The standard InChI is InChI=1S/C32H28BrFN2O5S/c1-5-40-31(38)26-27(20-9-7-6-8-10-20)35-32-36(28(26)21-11-13-22(34)14-12-21)30(37)25(42-32)17-19-15-23(33)29(41-18(2)3)24(16-19)39-4/h6-18,28H,5H2,1-4H3/b25-17-/t28-/m1/s1. The summed E-state index contributed by atoms with van der Waals surface area (Å²) < 4.78 is 33.4. The first-order chi connectivity index (χ1) is 20.2. The number of esters is 1. The van der Waals surface area contributed by atoms with Gasteiger partial charge in [0.25, 0.3) is 5.56 Å². The number of ether oxygens (including phenoxy) is 3. The second-order valence-corrected chi connectivity index (χ2v) is 11.5. The van der Waals surface area contributed by atoms with Crippen molar-refractivity contribution in [3.63, 3.8) is 0 Å². The predicted octanol–water partition coefficient (Wildman–Crippen LogP) is 5.63.